The van der Waals surface area contributed by atoms with Gasteiger partial charge in [0, 0.05) is 25.8 Å². The van der Waals surface area contributed by atoms with E-state index in [9.17, 15) is 9.59 Å². The number of hydrogen-bond donors (Lipinski definition) is 0. The molecule has 1 aromatic carbocycles. The molecule has 1 atom stereocenters. The summed E-state index contributed by atoms with van der Waals surface area (Å²) < 4.78 is 10.3. The van der Waals surface area contributed by atoms with Crippen LogP contribution in [0.5, 0.6) is 0 Å². The van der Waals surface area contributed by atoms with Gasteiger partial charge in [0.1, 0.15) is 0 Å². The van der Waals surface area contributed by atoms with Crippen LogP contribution in [0.2, 0.25) is 0 Å². The molecule has 0 radical (unpaired) electrons. The number of benzene rings is 1. The SMILES string of the molecule is COC(=O)C(C)CN(CCCOC(C)C)C(=O)/C=C/c1ccccc1. The van der Waals surface area contributed by atoms with E-state index in [1.165, 1.54) is 7.11 Å². The maximum Gasteiger partial charge on any atom is 0.310 e. The van der Waals surface area contributed by atoms with Gasteiger partial charge in [-0.05, 0) is 31.9 Å². The lowest BCUT2D eigenvalue weighted by Crippen LogP contribution is -2.37. The van der Waals surface area contributed by atoms with E-state index in [1.54, 1.807) is 24.0 Å². The van der Waals surface area contributed by atoms with Gasteiger partial charge in [-0.1, -0.05) is 37.3 Å². The molecule has 0 spiro atoms. The average molecular weight is 347 g/mol. The van der Waals surface area contributed by atoms with Crippen LogP contribution in [0.3, 0.4) is 0 Å². The lowest BCUT2D eigenvalue weighted by atomic mass is 10.1. The highest BCUT2D eigenvalue weighted by molar-refractivity contribution is 5.92. The fourth-order valence-electron chi connectivity index (χ4n) is 2.31. The lowest BCUT2D eigenvalue weighted by molar-refractivity contribution is -0.146. The highest BCUT2D eigenvalue weighted by Crippen LogP contribution is 2.07. The molecular weight excluding hydrogens is 318 g/mol. The molecule has 0 saturated heterocycles. The van der Waals surface area contributed by atoms with E-state index in [0.717, 1.165) is 12.0 Å². The zero-order valence-corrected chi connectivity index (χ0v) is 15.6. The number of esters is 1. The van der Waals surface area contributed by atoms with Gasteiger partial charge in [-0.25, -0.2) is 0 Å². The number of carbonyl (C=O) groups is 2. The van der Waals surface area contributed by atoms with Gasteiger partial charge in [-0.15, -0.1) is 0 Å². The van der Waals surface area contributed by atoms with Crippen molar-refractivity contribution >= 4 is 18.0 Å². The first-order valence-corrected chi connectivity index (χ1v) is 8.65. The van der Waals surface area contributed by atoms with Crippen molar-refractivity contribution in [3.05, 3.63) is 42.0 Å². The third kappa shape index (κ3) is 8.49. The Morgan fingerprint density at radius 1 is 1.16 bits per heavy atom. The normalized spacial score (nSPS) is 12.4. The molecule has 1 aromatic rings. The van der Waals surface area contributed by atoms with Crippen LogP contribution in [0.25, 0.3) is 6.08 Å². The number of rotatable bonds is 10. The van der Waals surface area contributed by atoms with Gasteiger partial charge >= 0.3 is 5.97 Å². The summed E-state index contributed by atoms with van der Waals surface area (Å²) >= 11 is 0. The first kappa shape index (κ1) is 20.9. The third-order valence-electron chi connectivity index (χ3n) is 3.65. The molecule has 1 unspecified atom stereocenters. The summed E-state index contributed by atoms with van der Waals surface area (Å²) in [6, 6.07) is 9.64. The molecule has 0 aliphatic rings. The van der Waals surface area contributed by atoms with E-state index in [1.807, 2.05) is 44.2 Å². The topological polar surface area (TPSA) is 55.8 Å². The van der Waals surface area contributed by atoms with Crippen molar-refractivity contribution in [3.8, 4) is 0 Å². The van der Waals surface area contributed by atoms with E-state index >= 15 is 0 Å². The Morgan fingerprint density at radius 3 is 2.44 bits per heavy atom. The van der Waals surface area contributed by atoms with Crippen LogP contribution in [0, 0.1) is 5.92 Å². The summed E-state index contributed by atoms with van der Waals surface area (Å²) in [6.45, 7) is 7.15. The predicted molar refractivity (Wildman–Crippen MR) is 98.9 cm³/mol. The van der Waals surface area contributed by atoms with Crippen LogP contribution in [0.15, 0.2) is 36.4 Å². The zero-order valence-electron chi connectivity index (χ0n) is 15.6. The minimum Gasteiger partial charge on any atom is -0.469 e. The molecule has 0 aliphatic heterocycles. The molecule has 1 rings (SSSR count). The Morgan fingerprint density at radius 2 is 1.84 bits per heavy atom. The zero-order chi connectivity index (χ0) is 18.7. The second kappa shape index (κ2) is 11.4. The van der Waals surface area contributed by atoms with Gasteiger partial charge in [-0.3, -0.25) is 9.59 Å². The van der Waals surface area contributed by atoms with Crippen molar-refractivity contribution in [2.75, 3.05) is 26.8 Å². The highest BCUT2D eigenvalue weighted by Gasteiger charge is 2.20. The van der Waals surface area contributed by atoms with Crippen molar-refractivity contribution in [2.24, 2.45) is 5.92 Å². The third-order valence-corrected chi connectivity index (χ3v) is 3.65. The first-order chi connectivity index (χ1) is 11.9. The van der Waals surface area contributed by atoms with Gasteiger partial charge in [0.05, 0.1) is 19.1 Å². The Labute approximate surface area is 150 Å². The second-order valence-corrected chi connectivity index (χ2v) is 6.23. The molecule has 0 fully saturated rings. The van der Waals surface area contributed by atoms with E-state index < -0.39 is 0 Å². The molecule has 0 aromatic heterocycles. The van der Waals surface area contributed by atoms with Crippen LogP contribution in [0.1, 0.15) is 32.8 Å². The Balaban J connectivity index is 2.68. The molecular formula is C20H29NO4. The van der Waals surface area contributed by atoms with E-state index in [-0.39, 0.29) is 23.9 Å². The maximum atomic E-state index is 12.5. The molecule has 1 amide bonds. The minimum absolute atomic E-state index is 0.121. The molecule has 25 heavy (non-hydrogen) atoms. The van der Waals surface area contributed by atoms with Gasteiger partial charge < -0.3 is 14.4 Å². The number of methoxy groups -OCH3 is 1. The maximum absolute atomic E-state index is 12.5. The summed E-state index contributed by atoms with van der Waals surface area (Å²) in [7, 11) is 1.36. The second-order valence-electron chi connectivity index (χ2n) is 6.23. The summed E-state index contributed by atoms with van der Waals surface area (Å²) in [4.78, 5) is 25.9. The van der Waals surface area contributed by atoms with Crippen molar-refractivity contribution in [3.63, 3.8) is 0 Å². The van der Waals surface area contributed by atoms with Crippen molar-refractivity contribution < 1.29 is 19.1 Å². The van der Waals surface area contributed by atoms with Crippen LogP contribution < -0.4 is 0 Å². The largest absolute Gasteiger partial charge is 0.469 e. The fraction of sp³-hybridized carbons (Fsp3) is 0.500. The summed E-state index contributed by atoms with van der Waals surface area (Å²) in [5, 5.41) is 0. The van der Waals surface area contributed by atoms with E-state index in [2.05, 4.69) is 0 Å². The van der Waals surface area contributed by atoms with Crippen LogP contribution in [-0.2, 0) is 19.1 Å². The van der Waals surface area contributed by atoms with Gasteiger partial charge in [-0.2, -0.15) is 0 Å². The molecule has 0 N–H and O–H groups in total. The van der Waals surface area contributed by atoms with Crippen LogP contribution in [-0.4, -0.2) is 49.7 Å². The Kier molecular flexibility index (Phi) is 9.55. The van der Waals surface area contributed by atoms with Crippen molar-refractivity contribution in [2.45, 2.75) is 33.3 Å². The number of carbonyl (C=O) groups excluding carboxylic acids is 2. The quantitative estimate of drug-likeness (QED) is 0.371. The highest BCUT2D eigenvalue weighted by atomic mass is 16.5. The molecule has 0 heterocycles. The standard InChI is InChI=1S/C20H29NO4/c1-16(2)25-14-8-13-21(15-17(3)20(23)24-4)19(22)12-11-18-9-6-5-7-10-18/h5-7,9-12,16-17H,8,13-15H2,1-4H3/b12-11+. The van der Waals surface area contributed by atoms with Gasteiger partial charge in [0.2, 0.25) is 5.91 Å². The molecule has 0 aliphatic carbocycles. The minimum atomic E-state index is -0.370. The van der Waals surface area contributed by atoms with E-state index in [4.69, 9.17) is 9.47 Å². The number of ether oxygens (including phenoxy) is 2. The lowest BCUT2D eigenvalue weighted by Gasteiger charge is -2.24. The predicted octanol–water partition coefficient (Wildman–Crippen LogP) is 3.15. The Bertz CT molecular complexity index is 554. The summed E-state index contributed by atoms with van der Waals surface area (Å²) in [5.74, 6) is -0.808. The summed E-state index contributed by atoms with van der Waals surface area (Å²) in [5.41, 5.74) is 0.958. The number of amides is 1. The monoisotopic (exact) mass is 347 g/mol. The molecule has 0 saturated carbocycles. The molecule has 5 heteroatoms. The van der Waals surface area contributed by atoms with Crippen LogP contribution in [0.4, 0.5) is 0 Å². The van der Waals surface area contributed by atoms with Gasteiger partial charge in [0.15, 0.2) is 0 Å². The van der Waals surface area contributed by atoms with Crippen molar-refractivity contribution in [1.29, 1.82) is 0 Å². The first-order valence-electron chi connectivity index (χ1n) is 8.65. The van der Waals surface area contributed by atoms with E-state index in [0.29, 0.717) is 19.7 Å². The average Bonchev–Trinajstić information content (AvgIpc) is 2.61. The molecule has 5 nitrogen and oxygen atoms in total. The fourth-order valence-corrected chi connectivity index (χ4v) is 2.31. The van der Waals surface area contributed by atoms with Gasteiger partial charge in [0.25, 0.3) is 0 Å². The number of nitrogens with zero attached hydrogens (tertiary/aromatic N) is 1. The summed E-state index contributed by atoms with van der Waals surface area (Å²) in [6.07, 6.45) is 4.21. The molecule has 138 valence electrons. The number of hydrogen-bond acceptors (Lipinski definition) is 4. The Hall–Kier alpha value is -2.14. The van der Waals surface area contributed by atoms with Crippen LogP contribution >= 0.6 is 0 Å². The smallest absolute Gasteiger partial charge is 0.310 e. The van der Waals surface area contributed by atoms with Crippen molar-refractivity contribution in [1.82, 2.24) is 4.90 Å². The molecule has 0 bridgehead atoms.